The molecule has 0 aromatic heterocycles. The van der Waals surface area contributed by atoms with Crippen LogP contribution in [0.2, 0.25) is 0 Å². The molecule has 0 atom stereocenters. The lowest BCUT2D eigenvalue weighted by Crippen LogP contribution is -2.01. The molecule has 0 radical (unpaired) electrons. The first-order chi connectivity index (χ1) is 13.6. The predicted octanol–water partition coefficient (Wildman–Crippen LogP) is 8.54. The van der Waals surface area contributed by atoms with E-state index in [0.717, 1.165) is 30.4 Å². The van der Waals surface area contributed by atoms with E-state index >= 15 is 0 Å². The number of hydrogen-bond acceptors (Lipinski definition) is 3. The molecule has 0 spiro atoms. The van der Waals surface area contributed by atoms with Crippen molar-refractivity contribution in [2.24, 2.45) is 11.8 Å². The average molecular weight is 411 g/mol. The number of unbranched alkanes of at least 4 members (excludes halogenated alkanes) is 6. The third-order valence-electron chi connectivity index (χ3n) is 4.67. The van der Waals surface area contributed by atoms with Crippen molar-refractivity contribution in [1.29, 1.82) is 0 Å². The zero-order chi connectivity index (χ0) is 20.5. The summed E-state index contributed by atoms with van der Waals surface area (Å²) in [4.78, 5) is 0. The van der Waals surface area contributed by atoms with Gasteiger partial charge in [-0.05, 0) is 36.8 Å². The van der Waals surface area contributed by atoms with Crippen molar-refractivity contribution < 1.29 is 13.6 Å². The van der Waals surface area contributed by atoms with Gasteiger partial charge in [0.25, 0.3) is 0 Å². The highest BCUT2D eigenvalue weighted by molar-refractivity contribution is 7.42. The van der Waals surface area contributed by atoms with Crippen LogP contribution in [-0.2, 0) is 9.05 Å². The minimum atomic E-state index is -1.31. The lowest BCUT2D eigenvalue weighted by molar-refractivity contribution is 0.198. The Labute approximate surface area is 175 Å². The van der Waals surface area contributed by atoms with Gasteiger partial charge in [-0.1, -0.05) is 97.3 Å². The van der Waals surface area contributed by atoms with E-state index in [1.807, 2.05) is 30.3 Å². The van der Waals surface area contributed by atoms with Gasteiger partial charge in [-0.25, -0.2) is 0 Å². The summed E-state index contributed by atoms with van der Waals surface area (Å²) < 4.78 is 17.9. The van der Waals surface area contributed by atoms with Gasteiger partial charge >= 0.3 is 8.60 Å². The first kappa shape index (κ1) is 25.4. The van der Waals surface area contributed by atoms with Crippen molar-refractivity contribution in [2.75, 3.05) is 13.2 Å². The molecule has 1 aromatic carbocycles. The van der Waals surface area contributed by atoms with Crippen LogP contribution in [0.3, 0.4) is 0 Å². The molecule has 0 saturated heterocycles. The Kier molecular flexibility index (Phi) is 15.6. The highest BCUT2D eigenvalue weighted by Gasteiger charge is 2.14. The molecule has 0 bridgehead atoms. The standard InChI is InChI=1S/C24H43O3P/c1-22(2)16-10-5-7-14-20-25-28(27-24-18-12-9-13-19-24)26-21-15-8-6-11-17-23(3)4/h9,12-13,18-19,22-23H,5-8,10-11,14-17,20-21H2,1-4H3. The number of benzene rings is 1. The van der Waals surface area contributed by atoms with Crippen LogP contribution < -0.4 is 4.52 Å². The number of hydrogen-bond donors (Lipinski definition) is 0. The Morgan fingerprint density at radius 3 is 1.57 bits per heavy atom. The van der Waals surface area contributed by atoms with Crippen LogP contribution in [0, 0.1) is 11.8 Å². The lowest BCUT2D eigenvalue weighted by Gasteiger charge is -2.17. The summed E-state index contributed by atoms with van der Waals surface area (Å²) in [5.74, 6) is 2.44. The van der Waals surface area contributed by atoms with E-state index in [1.54, 1.807) is 0 Å². The molecular formula is C24H43O3P. The first-order valence-corrected chi connectivity index (χ1v) is 12.5. The highest BCUT2D eigenvalue weighted by atomic mass is 31.2. The molecule has 0 amide bonds. The lowest BCUT2D eigenvalue weighted by atomic mass is 10.0. The molecule has 4 heteroatoms. The first-order valence-electron chi connectivity index (χ1n) is 11.4. The van der Waals surface area contributed by atoms with Crippen LogP contribution in [0.4, 0.5) is 0 Å². The zero-order valence-corrected chi connectivity index (χ0v) is 19.6. The summed E-state index contributed by atoms with van der Waals surface area (Å²) in [6.07, 6.45) is 12.5. The Morgan fingerprint density at radius 1 is 0.643 bits per heavy atom. The molecule has 0 heterocycles. The summed E-state index contributed by atoms with van der Waals surface area (Å²) in [6.45, 7) is 10.6. The van der Waals surface area contributed by atoms with Crippen LogP contribution in [-0.4, -0.2) is 13.2 Å². The third kappa shape index (κ3) is 15.3. The van der Waals surface area contributed by atoms with E-state index in [9.17, 15) is 0 Å². The fourth-order valence-corrected chi connectivity index (χ4v) is 3.98. The Bertz CT molecular complexity index is 428. The van der Waals surface area contributed by atoms with Crippen molar-refractivity contribution in [3.63, 3.8) is 0 Å². The average Bonchev–Trinajstić information content (AvgIpc) is 2.66. The molecular weight excluding hydrogens is 367 g/mol. The molecule has 0 fully saturated rings. The summed E-state index contributed by atoms with van der Waals surface area (Å²) in [5.41, 5.74) is 0. The Hall–Kier alpha value is -0.630. The molecule has 1 aromatic rings. The van der Waals surface area contributed by atoms with Gasteiger partial charge in [0.15, 0.2) is 0 Å². The molecule has 3 nitrogen and oxygen atoms in total. The Balaban J connectivity index is 2.21. The Morgan fingerprint density at radius 2 is 1.11 bits per heavy atom. The van der Waals surface area contributed by atoms with Crippen molar-refractivity contribution in [3.05, 3.63) is 30.3 Å². The van der Waals surface area contributed by atoms with Gasteiger partial charge < -0.3 is 13.6 Å². The molecule has 1 rings (SSSR count). The number of para-hydroxylation sites is 1. The monoisotopic (exact) mass is 410 g/mol. The van der Waals surface area contributed by atoms with Crippen molar-refractivity contribution in [2.45, 2.75) is 91.9 Å². The van der Waals surface area contributed by atoms with Crippen molar-refractivity contribution in [3.8, 4) is 5.75 Å². The quantitative estimate of drug-likeness (QED) is 0.179. The maximum absolute atomic E-state index is 5.95. The van der Waals surface area contributed by atoms with E-state index in [1.165, 1.54) is 51.4 Å². The maximum Gasteiger partial charge on any atom is 0.397 e. The minimum Gasteiger partial charge on any atom is -0.427 e. The highest BCUT2D eigenvalue weighted by Crippen LogP contribution is 2.41. The third-order valence-corrected chi connectivity index (χ3v) is 5.81. The molecule has 0 N–H and O–H groups in total. The second-order valence-corrected chi connectivity index (χ2v) is 9.63. The minimum absolute atomic E-state index is 0.717. The summed E-state index contributed by atoms with van der Waals surface area (Å²) >= 11 is 0. The zero-order valence-electron chi connectivity index (χ0n) is 18.7. The number of rotatable bonds is 18. The fraction of sp³-hybridized carbons (Fsp3) is 0.750. The van der Waals surface area contributed by atoms with E-state index < -0.39 is 8.60 Å². The van der Waals surface area contributed by atoms with E-state index in [-0.39, 0.29) is 0 Å². The van der Waals surface area contributed by atoms with Gasteiger partial charge in [-0.3, -0.25) is 0 Å². The molecule has 0 aliphatic heterocycles. The largest absolute Gasteiger partial charge is 0.427 e. The van der Waals surface area contributed by atoms with Crippen LogP contribution in [0.15, 0.2) is 30.3 Å². The fourth-order valence-electron chi connectivity index (χ4n) is 2.95. The van der Waals surface area contributed by atoms with Gasteiger partial charge in [0.1, 0.15) is 5.75 Å². The molecule has 162 valence electrons. The van der Waals surface area contributed by atoms with Gasteiger partial charge in [-0.2, -0.15) is 0 Å². The van der Waals surface area contributed by atoms with Gasteiger partial charge in [0.05, 0.1) is 13.2 Å². The molecule has 0 aliphatic carbocycles. The predicted molar refractivity (Wildman–Crippen MR) is 122 cm³/mol. The summed E-state index contributed by atoms with van der Waals surface area (Å²) in [6, 6.07) is 9.86. The van der Waals surface area contributed by atoms with Gasteiger partial charge in [0, 0.05) is 0 Å². The molecule has 0 aliphatic rings. The maximum atomic E-state index is 5.95. The van der Waals surface area contributed by atoms with E-state index in [4.69, 9.17) is 13.6 Å². The summed E-state index contributed by atoms with van der Waals surface area (Å²) in [5, 5.41) is 0. The van der Waals surface area contributed by atoms with Crippen molar-refractivity contribution >= 4 is 8.60 Å². The van der Waals surface area contributed by atoms with Gasteiger partial charge in [-0.15, -0.1) is 0 Å². The van der Waals surface area contributed by atoms with Crippen LogP contribution in [0.25, 0.3) is 0 Å². The molecule has 0 saturated carbocycles. The van der Waals surface area contributed by atoms with Crippen molar-refractivity contribution in [1.82, 2.24) is 0 Å². The van der Waals surface area contributed by atoms with E-state index in [0.29, 0.717) is 13.2 Å². The molecule has 0 unspecified atom stereocenters. The smallest absolute Gasteiger partial charge is 0.397 e. The van der Waals surface area contributed by atoms with Crippen LogP contribution in [0.5, 0.6) is 5.75 Å². The second kappa shape index (κ2) is 17.2. The van der Waals surface area contributed by atoms with Crippen LogP contribution in [0.1, 0.15) is 91.9 Å². The SMILES string of the molecule is CC(C)CCCCCCOP(OCCCCCCC(C)C)Oc1ccccc1. The molecule has 28 heavy (non-hydrogen) atoms. The normalized spacial score (nSPS) is 11.7. The second-order valence-electron chi connectivity index (χ2n) is 8.49. The summed E-state index contributed by atoms with van der Waals surface area (Å²) in [7, 11) is -1.31. The van der Waals surface area contributed by atoms with Crippen LogP contribution >= 0.6 is 8.60 Å². The van der Waals surface area contributed by atoms with E-state index in [2.05, 4.69) is 27.7 Å². The topological polar surface area (TPSA) is 27.7 Å². The van der Waals surface area contributed by atoms with Gasteiger partial charge in [0.2, 0.25) is 0 Å².